The maximum absolute atomic E-state index is 11.4. The molecule has 0 radical (unpaired) electrons. The molecule has 0 saturated carbocycles. The summed E-state index contributed by atoms with van der Waals surface area (Å²) < 4.78 is 0. The molecule has 0 bridgehead atoms. The molecule has 2 aliphatic rings. The van der Waals surface area contributed by atoms with Gasteiger partial charge in [0.1, 0.15) is 0 Å². The van der Waals surface area contributed by atoms with Gasteiger partial charge in [0, 0.05) is 26.1 Å². The van der Waals surface area contributed by atoms with Crippen molar-refractivity contribution in [2.24, 2.45) is 11.8 Å². The van der Waals surface area contributed by atoms with Crippen LogP contribution in [0.3, 0.4) is 0 Å². The Morgan fingerprint density at radius 3 is 2.65 bits per heavy atom. The zero-order valence-corrected chi connectivity index (χ0v) is 11.8. The summed E-state index contributed by atoms with van der Waals surface area (Å²) in [5, 5.41) is 3.66. The molecule has 0 aromatic rings. The highest BCUT2D eigenvalue weighted by Gasteiger charge is 2.30. The van der Waals surface area contributed by atoms with Gasteiger partial charge in [-0.15, -0.1) is 12.4 Å². The largest absolute Gasteiger partial charge is 0.343 e. The van der Waals surface area contributed by atoms with Crippen LogP contribution in [-0.2, 0) is 4.79 Å². The third kappa shape index (κ3) is 3.85. The highest BCUT2D eigenvalue weighted by molar-refractivity contribution is 5.85. The van der Waals surface area contributed by atoms with Crippen LogP contribution >= 0.6 is 12.4 Å². The Hall–Kier alpha value is -0.280. The summed E-state index contributed by atoms with van der Waals surface area (Å²) in [7, 11) is 0. The Bertz CT molecular complexity index is 252. The van der Waals surface area contributed by atoms with E-state index in [2.05, 4.69) is 12.2 Å². The van der Waals surface area contributed by atoms with E-state index in [1.807, 2.05) is 4.90 Å². The molecule has 2 heterocycles. The average Bonchev–Trinajstić information content (AvgIpc) is 2.30. The van der Waals surface area contributed by atoms with Crippen molar-refractivity contribution < 1.29 is 4.79 Å². The van der Waals surface area contributed by atoms with Crippen molar-refractivity contribution in [3.63, 3.8) is 0 Å². The number of nitrogens with one attached hydrogen (secondary N) is 1. The van der Waals surface area contributed by atoms with Gasteiger partial charge in [-0.05, 0) is 44.1 Å². The van der Waals surface area contributed by atoms with E-state index < -0.39 is 0 Å². The number of nitrogens with zero attached hydrogens (tertiary/aromatic N) is 1. The van der Waals surface area contributed by atoms with E-state index in [1.54, 1.807) is 6.92 Å². The highest BCUT2D eigenvalue weighted by Crippen LogP contribution is 2.26. The predicted octanol–water partition coefficient (Wildman–Crippen LogP) is 2.05. The van der Waals surface area contributed by atoms with Crippen LogP contribution in [0, 0.1) is 11.8 Å². The maximum Gasteiger partial charge on any atom is 0.219 e. The molecule has 1 unspecified atom stereocenters. The molecule has 0 spiro atoms. The van der Waals surface area contributed by atoms with Crippen molar-refractivity contribution in [3.05, 3.63) is 0 Å². The normalized spacial score (nSPS) is 34.0. The second-order valence-corrected chi connectivity index (χ2v) is 5.56. The zero-order valence-electron chi connectivity index (χ0n) is 10.9. The summed E-state index contributed by atoms with van der Waals surface area (Å²) in [4.78, 5) is 13.4. The van der Waals surface area contributed by atoms with Crippen molar-refractivity contribution in [1.29, 1.82) is 0 Å². The monoisotopic (exact) mass is 260 g/mol. The van der Waals surface area contributed by atoms with E-state index in [-0.39, 0.29) is 18.3 Å². The number of carbonyl (C=O) groups excluding carboxylic acids is 1. The number of carbonyl (C=O) groups is 1. The molecule has 2 aliphatic heterocycles. The van der Waals surface area contributed by atoms with Crippen molar-refractivity contribution >= 4 is 18.3 Å². The molecule has 2 fully saturated rings. The minimum absolute atomic E-state index is 0. The molecule has 2 saturated heterocycles. The number of likely N-dealkylation sites (tertiary alicyclic amines) is 1. The van der Waals surface area contributed by atoms with Crippen LogP contribution in [0.4, 0.5) is 0 Å². The first-order valence-electron chi connectivity index (χ1n) is 6.65. The smallest absolute Gasteiger partial charge is 0.219 e. The van der Waals surface area contributed by atoms with Crippen molar-refractivity contribution in [1.82, 2.24) is 10.2 Å². The lowest BCUT2D eigenvalue weighted by Crippen LogP contribution is -2.49. The molecule has 0 aliphatic carbocycles. The lowest BCUT2D eigenvalue weighted by Gasteiger charge is -2.39. The number of rotatable bonds is 1. The summed E-state index contributed by atoms with van der Waals surface area (Å²) in [5.74, 6) is 1.75. The van der Waals surface area contributed by atoms with Crippen LogP contribution in [0.25, 0.3) is 0 Å². The highest BCUT2D eigenvalue weighted by atomic mass is 35.5. The number of halogens is 1. The molecule has 17 heavy (non-hydrogen) atoms. The van der Waals surface area contributed by atoms with Crippen molar-refractivity contribution in [2.45, 2.75) is 45.6 Å². The van der Waals surface area contributed by atoms with E-state index >= 15 is 0 Å². The molecule has 0 aromatic heterocycles. The fourth-order valence-electron chi connectivity index (χ4n) is 3.05. The summed E-state index contributed by atoms with van der Waals surface area (Å²) in [6.07, 6.45) is 5.10. The summed E-state index contributed by atoms with van der Waals surface area (Å²) in [5.41, 5.74) is 0. The second-order valence-electron chi connectivity index (χ2n) is 5.56. The molecule has 1 amide bonds. The Morgan fingerprint density at radius 2 is 2.06 bits per heavy atom. The Balaban J connectivity index is 0.00000144. The second kappa shape index (κ2) is 6.60. The molecule has 2 rings (SSSR count). The zero-order chi connectivity index (χ0) is 11.5. The molecule has 100 valence electrons. The molecular weight excluding hydrogens is 236 g/mol. The van der Waals surface area contributed by atoms with E-state index in [4.69, 9.17) is 0 Å². The number of amides is 1. The first-order valence-corrected chi connectivity index (χ1v) is 6.65. The van der Waals surface area contributed by atoms with Gasteiger partial charge in [0.25, 0.3) is 0 Å². The molecule has 4 heteroatoms. The van der Waals surface area contributed by atoms with Crippen LogP contribution in [-0.4, -0.2) is 36.5 Å². The van der Waals surface area contributed by atoms with Crippen LogP contribution in [0.2, 0.25) is 0 Å². The van der Waals surface area contributed by atoms with Crippen LogP contribution in [0.15, 0.2) is 0 Å². The van der Waals surface area contributed by atoms with Gasteiger partial charge in [-0.2, -0.15) is 0 Å². The van der Waals surface area contributed by atoms with Gasteiger partial charge >= 0.3 is 0 Å². The van der Waals surface area contributed by atoms with Crippen molar-refractivity contribution in [2.75, 3.05) is 19.6 Å². The van der Waals surface area contributed by atoms with Crippen molar-refractivity contribution in [3.8, 4) is 0 Å². The van der Waals surface area contributed by atoms with Gasteiger partial charge in [0.15, 0.2) is 0 Å². The summed E-state index contributed by atoms with van der Waals surface area (Å²) in [6, 6.07) is 0.651. The number of hydrogen-bond donors (Lipinski definition) is 1. The SMILES string of the molecule is CC(=O)N1CCCC([C@H]2CC[C@H](C)CN2)C1.Cl. The molecule has 1 N–H and O–H groups in total. The van der Waals surface area contributed by atoms with E-state index in [1.165, 1.54) is 25.7 Å². The van der Waals surface area contributed by atoms with Gasteiger partial charge in [-0.25, -0.2) is 0 Å². The van der Waals surface area contributed by atoms with E-state index in [0.717, 1.165) is 25.6 Å². The minimum Gasteiger partial charge on any atom is -0.343 e. The minimum atomic E-state index is 0. The van der Waals surface area contributed by atoms with Gasteiger partial charge < -0.3 is 10.2 Å². The van der Waals surface area contributed by atoms with Crippen LogP contribution in [0.1, 0.15) is 39.5 Å². The third-order valence-electron chi connectivity index (χ3n) is 4.17. The maximum atomic E-state index is 11.4. The first-order chi connectivity index (χ1) is 7.66. The standard InChI is InChI=1S/C13H24N2O.ClH/c1-10-5-6-13(14-8-10)12-4-3-7-15(9-12)11(2)16;/h10,12-14H,3-9H2,1-2H3;1H/t10-,12?,13+;/m0./s1. The number of piperidine rings is 2. The molecule has 3 atom stereocenters. The summed E-state index contributed by atoms with van der Waals surface area (Å²) >= 11 is 0. The fraction of sp³-hybridized carbons (Fsp3) is 0.923. The lowest BCUT2D eigenvalue weighted by atomic mass is 9.84. The van der Waals surface area contributed by atoms with E-state index in [0.29, 0.717) is 12.0 Å². The van der Waals surface area contributed by atoms with Gasteiger partial charge in [0.2, 0.25) is 5.91 Å². The van der Waals surface area contributed by atoms with Gasteiger partial charge in [0.05, 0.1) is 0 Å². The van der Waals surface area contributed by atoms with Gasteiger partial charge in [-0.1, -0.05) is 6.92 Å². The summed E-state index contributed by atoms with van der Waals surface area (Å²) in [6.45, 7) is 7.10. The fourth-order valence-corrected chi connectivity index (χ4v) is 3.05. The first kappa shape index (κ1) is 14.8. The predicted molar refractivity (Wildman–Crippen MR) is 72.4 cm³/mol. The van der Waals surface area contributed by atoms with E-state index in [9.17, 15) is 4.79 Å². The molecule has 0 aromatic carbocycles. The number of hydrogen-bond acceptors (Lipinski definition) is 2. The Morgan fingerprint density at radius 1 is 1.29 bits per heavy atom. The average molecular weight is 261 g/mol. The molecular formula is C13H25ClN2O. The van der Waals surface area contributed by atoms with Crippen LogP contribution in [0.5, 0.6) is 0 Å². The van der Waals surface area contributed by atoms with Gasteiger partial charge in [-0.3, -0.25) is 4.79 Å². The quantitative estimate of drug-likeness (QED) is 0.783. The molecule has 3 nitrogen and oxygen atoms in total. The third-order valence-corrected chi connectivity index (χ3v) is 4.17. The Kier molecular flexibility index (Phi) is 5.74. The topological polar surface area (TPSA) is 32.3 Å². The Labute approximate surface area is 111 Å². The van der Waals surface area contributed by atoms with Crippen LogP contribution < -0.4 is 5.32 Å². The lowest BCUT2D eigenvalue weighted by molar-refractivity contribution is -0.130.